The van der Waals surface area contributed by atoms with Crippen molar-refractivity contribution < 1.29 is 4.79 Å². The molecule has 0 spiro atoms. The lowest BCUT2D eigenvalue weighted by atomic mass is 10.1. The molecule has 0 radical (unpaired) electrons. The maximum Gasteiger partial charge on any atom is 0.222 e. The summed E-state index contributed by atoms with van der Waals surface area (Å²) in [6.45, 7) is 6.57. The summed E-state index contributed by atoms with van der Waals surface area (Å²) < 4.78 is 1.98. The molecule has 0 saturated heterocycles. The number of rotatable bonds is 6. The van der Waals surface area contributed by atoms with Crippen LogP contribution < -0.4 is 5.32 Å². The third-order valence-corrected chi connectivity index (χ3v) is 3.37. The minimum absolute atomic E-state index is 0.0586. The SMILES string of the molecule is Cc1cccc(CC(C)NC(=O)CCn2ccnc2C)n1. The van der Waals surface area contributed by atoms with Crippen molar-refractivity contribution in [3.63, 3.8) is 0 Å². The van der Waals surface area contributed by atoms with Crippen molar-refractivity contribution in [1.29, 1.82) is 0 Å². The predicted molar refractivity (Wildman–Crippen MR) is 81.9 cm³/mol. The molecule has 1 N–H and O–H groups in total. The van der Waals surface area contributed by atoms with E-state index in [2.05, 4.69) is 15.3 Å². The molecule has 5 nitrogen and oxygen atoms in total. The average Bonchev–Trinajstić information content (AvgIpc) is 2.81. The summed E-state index contributed by atoms with van der Waals surface area (Å²) in [6.07, 6.45) is 4.85. The van der Waals surface area contributed by atoms with Crippen LogP contribution in [0, 0.1) is 13.8 Å². The molecule has 0 fully saturated rings. The summed E-state index contributed by atoms with van der Waals surface area (Å²) in [6, 6.07) is 6.04. The molecule has 0 saturated carbocycles. The van der Waals surface area contributed by atoms with Gasteiger partial charge >= 0.3 is 0 Å². The molecule has 0 aliphatic heterocycles. The predicted octanol–water partition coefficient (Wildman–Crippen LogP) is 2.03. The Hall–Kier alpha value is -2.17. The van der Waals surface area contributed by atoms with Crippen LogP contribution in [-0.4, -0.2) is 26.5 Å². The maximum absolute atomic E-state index is 12.0. The van der Waals surface area contributed by atoms with Crippen molar-refractivity contribution in [2.45, 2.75) is 46.2 Å². The van der Waals surface area contributed by atoms with Gasteiger partial charge in [0.15, 0.2) is 0 Å². The molecule has 5 heteroatoms. The minimum Gasteiger partial charge on any atom is -0.353 e. The van der Waals surface area contributed by atoms with Crippen LogP contribution >= 0.6 is 0 Å². The first-order valence-electron chi connectivity index (χ1n) is 7.24. The van der Waals surface area contributed by atoms with E-state index in [-0.39, 0.29) is 11.9 Å². The van der Waals surface area contributed by atoms with Crippen molar-refractivity contribution in [3.8, 4) is 0 Å². The number of nitrogens with zero attached hydrogens (tertiary/aromatic N) is 3. The summed E-state index contributed by atoms with van der Waals surface area (Å²) in [5.74, 6) is 0.989. The fourth-order valence-corrected chi connectivity index (χ4v) is 2.29. The monoisotopic (exact) mass is 286 g/mol. The molecule has 1 amide bonds. The lowest BCUT2D eigenvalue weighted by molar-refractivity contribution is -0.121. The van der Waals surface area contributed by atoms with Gasteiger partial charge in [-0.1, -0.05) is 6.07 Å². The smallest absolute Gasteiger partial charge is 0.222 e. The second-order valence-corrected chi connectivity index (χ2v) is 5.36. The molecular weight excluding hydrogens is 264 g/mol. The normalized spacial score (nSPS) is 12.1. The molecule has 2 aromatic rings. The van der Waals surface area contributed by atoms with Gasteiger partial charge < -0.3 is 9.88 Å². The van der Waals surface area contributed by atoms with E-state index >= 15 is 0 Å². The van der Waals surface area contributed by atoms with E-state index in [0.29, 0.717) is 13.0 Å². The third kappa shape index (κ3) is 4.70. The topological polar surface area (TPSA) is 59.8 Å². The lowest BCUT2D eigenvalue weighted by Gasteiger charge is -2.14. The number of hydrogen-bond acceptors (Lipinski definition) is 3. The van der Waals surface area contributed by atoms with Crippen LogP contribution in [0.25, 0.3) is 0 Å². The number of imidazole rings is 1. The van der Waals surface area contributed by atoms with Gasteiger partial charge in [0.2, 0.25) is 5.91 Å². The van der Waals surface area contributed by atoms with Gasteiger partial charge in [-0.15, -0.1) is 0 Å². The van der Waals surface area contributed by atoms with Gasteiger partial charge in [0, 0.05) is 49.2 Å². The van der Waals surface area contributed by atoms with Crippen molar-refractivity contribution >= 4 is 5.91 Å². The van der Waals surface area contributed by atoms with Crippen molar-refractivity contribution in [3.05, 3.63) is 47.8 Å². The Morgan fingerprint density at radius 3 is 2.86 bits per heavy atom. The van der Waals surface area contributed by atoms with Crippen LogP contribution in [0.15, 0.2) is 30.6 Å². The Morgan fingerprint density at radius 1 is 1.38 bits per heavy atom. The molecule has 112 valence electrons. The molecule has 0 aromatic carbocycles. The van der Waals surface area contributed by atoms with Gasteiger partial charge in [-0.05, 0) is 32.9 Å². The quantitative estimate of drug-likeness (QED) is 0.884. The molecular formula is C16H22N4O. The van der Waals surface area contributed by atoms with Crippen LogP contribution in [0.1, 0.15) is 30.6 Å². The zero-order valence-corrected chi connectivity index (χ0v) is 12.8. The van der Waals surface area contributed by atoms with Gasteiger partial charge in [-0.25, -0.2) is 4.98 Å². The van der Waals surface area contributed by atoms with E-state index in [4.69, 9.17) is 0 Å². The van der Waals surface area contributed by atoms with Crippen LogP contribution in [0.4, 0.5) is 0 Å². The maximum atomic E-state index is 12.0. The zero-order chi connectivity index (χ0) is 15.2. The molecule has 21 heavy (non-hydrogen) atoms. The van der Waals surface area contributed by atoms with Crippen molar-refractivity contribution in [2.24, 2.45) is 0 Å². The number of carbonyl (C=O) groups excluding carboxylic acids is 1. The summed E-state index contributed by atoms with van der Waals surface area (Å²) >= 11 is 0. The highest BCUT2D eigenvalue weighted by atomic mass is 16.1. The first kappa shape index (κ1) is 15.2. The molecule has 1 unspecified atom stereocenters. The Kier molecular flexibility index (Phi) is 5.09. The Balaban J connectivity index is 1.78. The molecule has 0 aliphatic rings. The largest absolute Gasteiger partial charge is 0.353 e. The zero-order valence-electron chi connectivity index (χ0n) is 12.8. The standard InChI is InChI=1S/C16H22N4O/c1-12-5-4-6-15(18-12)11-13(2)19-16(21)7-9-20-10-8-17-14(20)3/h4-6,8,10,13H,7,9,11H2,1-3H3,(H,19,21). The van der Waals surface area contributed by atoms with Gasteiger partial charge in [0.1, 0.15) is 5.82 Å². The van der Waals surface area contributed by atoms with Gasteiger partial charge in [-0.3, -0.25) is 9.78 Å². The van der Waals surface area contributed by atoms with Crippen molar-refractivity contribution in [1.82, 2.24) is 19.9 Å². The number of pyridine rings is 1. The van der Waals surface area contributed by atoms with E-state index in [1.54, 1.807) is 6.20 Å². The first-order valence-corrected chi connectivity index (χ1v) is 7.24. The Labute approximate surface area is 125 Å². The molecule has 2 heterocycles. The number of aromatic nitrogens is 3. The molecule has 2 rings (SSSR count). The second-order valence-electron chi connectivity index (χ2n) is 5.36. The lowest BCUT2D eigenvalue weighted by Crippen LogP contribution is -2.34. The van der Waals surface area contributed by atoms with Crippen LogP contribution in [-0.2, 0) is 17.8 Å². The third-order valence-electron chi connectivity index (χ3n) is 3.37. The van der Waals surface area contributed by atoms with E-state index < -0.39 is 0 Å². The number of nitrogens with one attached hydrogen (secondary N) is 1. The Morgan fingerprint density at radius 2 is 2.19 bits per heavy atom. The van der Waals surface area contributed by atoms with Gasteiger partial charge in [0.05, 0.1) is 0 Å². The van der Waals surface area contributed by atoms with Crippen molar-refractivity contribution in [2.75, 3.05) is 0 Å². The summed E-state index contributed by atoms with van der Waals surface area (Å²) in [5, 5.41) is 3.02. The second kappa shape index (κ2) is 7.02. The number of aryl methyl sites for hydroxylation is 3. The summed E-state index contributed by atoms with van der Waals surface area (Å²) in [4.78, 5) is 20.5. The van der Waals surface area contributed by atoms with E-state index in [0.717, 1.165) is 23.6 Å². The van der Waals surface area contributed by atoms with Gasteiger partial charge in [0.25, 0.3) is 0 Å². The highest BCUT2D eigenvalue weighted by molar-refractivity contribution is 5.76. The number of amides is 1. The van der Waals surface area contributed by atoms with Crippen LogP contribution in [0.5, 0.6) is 0 Å². The van der Waals surface area contributed by atoms with Crippen LogP contribution in [0.3, 0.4) is 0 Å². The summed E-state index contributed by atoms with van der Waals surface area (Å²) in [7, 11) is 0. The molecule has 0 bridgehead atoms. The first-order chi connectivity index (χ1) is 10.0. The fraction of sp³-hybridized carbons (Fsp3) is 0.438. The molecule has 1 atom stereocenters. The number of hydrogen-bond donors (Lipinski definition) is 1. The highest BCUT2D eigenvalue weighted by Gasteiger charge is 2.09. The number of carbonyl (C=O) groups is 1. The van der Waals surface area contributed by atoms with E-state index in [1.807, 2.05) is 49.7 Å². The molecule has 2 aromatic heterocycles. The Bertz CT molecular complexity index is 606. The highest BCUT2D eigenvalue weighted by Crippen LogP contribution is 2.03. The minimum atomic E-state index is 0.0586. The van der Waals surface area contributed by atoms with Crippen LogP contribution in [0.2, 0.25) is 0 Å². The van der Waals surface area contributed by atoms with E-state index in [9.17, 15) is 4.79 Å². The van der Waals surface area contributed by atoms with E-state index in [1.165, 1.54) is 0 Å². The summed E-state index contributed by atoms with van der Waals surface area (Å²) in [5.41, 5.74) is 2.01. The average molecular weight is 286 g/mol. The fourth-order valence-electron chi connectivity index (χ4n) is 2.29. The van der Waals surface area contributed by atoms with Gasteiger partial charge in [-0.2, -0.15) is 0 Å². The molecule has 0 aliphatic carbocycles.